The molecule has 17 heavy (non-hydrogen) atoms. The first-order chi connectivity index (χ1) is 7.47. The molecule has 0 unspecified atom stereocenters. The Balaban J connectivity index is 0.00000256. The highest BCUT2D eigenvalue weighted by Gasteiger charge is 2.23. The van der Waals surface area contributed by atoms with Gasteiger partial charge in [0, 0.05) is 5.56 Å². The Bertz CT molecular complexity index is 360. The van der Waals surface area contributed by atoms with Crippen LogP contribution < -0.4 is 10.5 Å². The molecule has 3 nitrogen and oxygen atoms in total. The highest BCUT2D eigenvalue weighted by atomic mass is 35.5. The van der Waals surface area contributed by atoms with Gasteiger partial charge in [0.25, 0.3) is 0 Å². The van der Waals surface area contributed by atoms with Crippen LogP contribution in [0.4, 0.5) is 4.39 Å². The van der Waals surface area contributed by atoms with Crippen molar-refractivity contribution in [3.63, 3.8) is 0 Å². The highest BCUT2D eigenvalue weighted by Crippen LogP contribution is 2.28. The predicted molar refractivity (Wildman–Crippen MR) is 68.0 cm³/mol. The van der Waals surface area contributed by atoms with Crippen LogP contribution in [0.3, 0.4) is 0 Å². The van der Waals surface area contributed by atoms with E-state index in [1.807, 2.05) is 13.8 Å². The van der Waals surface area contributed by atoms with Gasteiger partial charge in [0.15, 0.2) is 0 Å². The number of methoxy groups -OCH3 is 1. The Labute approximate surface area is 107 Å². The van der Waals surface area contributed by atoms with Gasteiger partial charge in [0.1, 0.15) is 11.6 Å². The zero-order valence-corrected chi connectivity index (χ0v) is 11.0. The topological polar surface area (TPSA) is 55.5 Å². The third kappa shape index (κ3) is 3.84. The molecule has 3 N–H and O–H groups in total. The van der Waals surface area contributed by atoms with Gasteiger partial charge < -0.3 is 15.6 Å². The van der Waals surface area contributed by atoms with Gasteiger partial charge in [-0.2, -0.15) is 0 Å². The maximum absolute atomic E-state index is 13.1. The Morgan fingerprint density at radius 3 is 2.41 bits per heavy atom. The molecule has 0 spiro atoms. The van der Waals surface area contributed by atoms with Gasteiger partial charge in [-0.15, -0.1) is 12.4 Å². The summed E-state index contributed by atoms with van der Waals surface area (Å²) in [7, 11) is 1.49. The molecule has 0 radical (unpaired) electrons. The second-order valence-electron chi connectivity index (χ2n) is 4.15. The van der Waals surface area contributed by atoms with Crippen molar-refractivity contribution in [3.8, 4) is 5.75 Å². The molecule has 1 aromatic rings. The van der Waals surface area contributed by atoms with Crippen LogP contribution in [0, 0.1) is 11.7 Å². The standard InChI is InChI=1S/C12H18FNO2.ClH/c1-7(2)12(15)11(14)9-6-8(13)4-5-10(9)16-3;/h4-7,11-12,15H,14H2,1-3H3;1H/t11-,12+;/m1./s1. The molecule has 1 rings (SSSR count). The molecule has 0 fully saturated rings. The zero-order chi connectivity index (χ0) is 12.3. The molecule has 98 valence electrons. The van der Waals surface area contributed by atoms with Gasteiger partial charge in [-0.25, -0.2) is 4.39 Å². The summed E-state index contributed by atoms with van der Waals surface area (Å²) in [5, 5.41) is 9.86. The van der Waals surface area contributed by atoms with Gasteiger partial charge in [-0.1, -0.05) is 13.8 Å². The molecule has 0 aromatic heterocycles. The number of hydrogen-bond acceptors (Lipinski definition) is 3. The molecule has 1 aromatic carbocycles. The molecule has 0 aliphatic rings. The summed E-state index contributed by atoms with van der Waals surface area (Å²) in [6.07, 6.45) is -0.726. The lowest BCUT2D eigenvalue weighted by molar-refractivity contribution is 0.0968. The molecule has 0 saturated heterocycles. The second-order valence-corrected chi connectivity index (χ2v) is 4.15. The van der Waals surface area contributed by atoms with Crippen LogP contribution in [-0.4, -0.2) is 18.3 Å². The Morgan fingerprint density at radius 1 is 1.35 bits per heavy atom. The minimum Gasteiger partial charge on any atom is -0.496 e. The van der Waals surface area contributed by atoms with E-state index < -0.39 is 12.1 Å². The fourth-order valence-electron chi connectivity index (χ4n) is 1.56. The van der Waals surface area contributed by atoms with Crippen LogP contribution in [0.5, 0.6) is 5.75 Å². The molecule has 5 heteroatoms. The van der Waals surface area contributed by atoms with Crippen LogP contribution in [-0.2, 0) is 0 Å². The molecule has 2 atom stereocenters. The van der Waals surface area contributed by atoms with Gasteiger partial charge in [0.2, 0.25) is 0 Å². The molecule has 0 amide bonds. The number of ether oxygens (including phenoxy) is 1. The summed E-state index contributed by atoms with van der Waals surface area (Å²) in [5.74, 6) is 0.110. The van der Waals surface area contributed by atoms with Crippen molar-refractivity contribution in [1.82, 2.24) is 0 Å². The van der Waals surface area contributed by atoms with E-state index in [2.05, 4.69) is 0 Å². The van der Waals surface area contributed by atoms with E-state index >= 15 is 0 Å². The summed E-state index contributed by atoms with van der Waals surface area (Å²) in [5.41, 5.74) is 6.38. The highest BCUT2D eigenvalue weighted by molar-refractivity contribution is 5.85. The summed E-state index contributed by atoms with van der Waals surface area (Å²) >= 11 is 0. The van der Waals surface area contributed by atoms with Gasteiger partial charge >= 0.3 is 0 Å². The molecule has 0 aliphatic heterocycles. The lowest BCUT2D eigenvalue weighted by Crippen LogP contribution is -2.30. The first-order valence-electron chi connectivity index (χ1n) is 5.24. The molecular formula is C12H19ClFNO2. The maximum Gasteiger partial charge on any atom is 0.123 e. The van der Waals surface area contributed by atoms with Gasteiger partial charge in [-0.3, -0.25) is 0 Å². The number of benzene rings is 1. The fourth-order valence-corrected chi connectivity index (χ4v) is 1.56. The summed E-state index contributed by atoms with van der Waals surface area (Å²) in [4.78, 5) is 0. The van der Waals surface area contributed by atoms with Crippen LogP contribution in [0.25, 0.3) is 0 Å². The number of rotatable bonds is 4. The minimum atomic E-state index is -0.726. The normalized spacial score (nSPS) is 14.1. The number of nitrogens with two attached hydrogens (primary N) is 1. The van der Waals surface area contributed by atoms with E-state index in [0.29, 0.717) is 11.3 Å². The second kappa shape index (κ2) is 6.79. The average Bonchev–Trinajstić information content (AvgIpc) is 2.26. The number of aliphatic hydroxyl groups is 1. The fraction of sp³-hybridized carbons (Fsp3) is 0.500. The Morgan fingerprint density at radius 2 is 1.94 bits per heavy atom. The Kier molecular flexibility index (Phi) is 6.45. The van der Waals surface area contributed by atoms with Crippen molar-refractivity contribution in [2.75, 3.05) is 7.11 Å². The van der Waals surface area contributed by atoms with Crippen LogP contribution in [0.15, 0.2) is 18.2 Å². The molecule has 0 heterocycles. The van der Waals surface area contributed by atoms with Gasteiger partial charge in [0.05, 0.1) is 19.3 Å². The summed E-state index contributed by atoms with van der Waals surface area (Å²) in [6, 6.07) is 3.47. The number of hydrogen-bond donors (Lipinski definition) is 2. The minimum absolute atomic E-state index is 0. The maximum atomic E-state index is 13.1. The smallest absolute Gasteiger partial charge is 0.123 e. The van der Waals surface area contributed by atoms with Crippen LogP contribution >= 0.6 is 12.4 Å². The third-order valence-electron chi connectivity index (χ3n) is 2.60. The number of halogens is 2. The molecule has 0 saturated carbocycles. The first kappa shape index (κ1) is 16.2. The van der Waals surface area contributed by atoms with Crippen molar-refractivity contribution in [1.29, 1.82) is 0 Å². The molecule has 0 aliphatic carbocycles. The van der Waals surface area contributed by atoms with E-state index in [-0.39, 0.29) is 24.1 Å². The number of aliphatic hydroxyl groups excluding tert-OH is 1. The quantitative estimate of drug-likeness (QED) is 0.876. The van der Waals surface area contributed by atoms with Crippen molar-refractivity contribution in [2.45, 2.75) is 26.0 Å². The average molecular weight is 264 g/mol. The van der Waals surface area contributed by atoms with Crippen molar-refractivity contribution in [3.05, 3.63) is 29.6 Å². The molecule has 0 bridgehead atoms. The van der Waals surface area contributed by atoms with E-state index in [0.717, 1.165) is 0 Å². The van der Waals surface area contributed by atoms with Gasteiger partial charge in [-0.05, 0) is 24.1 Å². The van der Waals surface area contributed by atoms with E-state index in [1.165, 1.54) is 25.3 Å². The monoisotopic (exact) mass is 263 g/mol. The third-order valence-corrected chi connectivity index (χ3v) is 2.60. The Hall–Kier alpha value is -0.840. The zero-order valence-electron chi connectivity index (χ0n) is 10.2. The predicted octanol–water partition coefficient (Wildman–Crippen LogP) is 2.27. The van der Waals surface area contributed by atoms with Crippen molar-refractivity contribution in [2.24, 2.45) is 11.7 Å². The van der Waals surface area contributed by atoms with Crippen molar-refractivity contribution < 1.29 is 14.2 Å². The van der Waals surface area contributed by atoms with Crippen LogP contribution in [0.2, 0.25) is 0 Å². The SMILES string of the molecule is COc1ccc(F)cc1[C@@H](N)[C@@H](O)C(C)C.Cl. The lowest BCUT2D eigenvalue weighted by atomic mass is 9.94. The van der Waals surface area contributed by atoms with E-state index in [1.54, 1.807) is 0 Å². The summed E-state index contributed by atoms with van der Waals surface area (Å²) < 4.78 is 18.2. The summed E-state index contributed by atoms with van der Waals surface area (Å²) in [6.45, 7) is 3.71. The van der Waals surface area contributed by atoms with E-state index in [4.69, 9.17) is 10.5 Å². The van der Waals surface area contributed by atoms with Crippen LogP contribution in [0.1, 0.15) is 25.5 Å². The molecular weight excluding hydrogens is 245 g/mol. The van der Waals surface area contributed by atoms with E-state index in [9.17, 15) is 9.50 Å². The van der Waals surface area contributed by atoms with Crippen molar-refractivity contribution >= 4 is 12.4 Å². The lowest BCUT2D eigenvalue weighted by Gasteiger charge is -2.23. The first-order valence-corrected chi connectivity index (χ1v) is 5.24. The largest absolute Gasteiger partial charge is 0.496 e.